The van der Waals surface area contributed by atoms with Gasteiger partial charge < -0.3 is 14.0 Å². The van der Waals surface area contributed by atoms with E-state index in [0.29, 0.717) is 13.2 Å². The van der Waals surface area contributed by atoms with Crippen LogP contribution in [0.2, 0.25) is 0 Å². The van der Waals surface area contributed by atoms with Crippen molar-refractivity contribution in [2.75, 3.05) is 6.61 Å². The number of ether oxygens (including phenoxy) is 2. The summed E-state index contributed by atoms with van der Waals surface area (Å²) in [6.07, 6.45) is 1.99. The number of hydrogen-bond acceptors (Lipinski definition) is 3. The van der Waals surface area contributed by atoms with Gasteiger partial charge >= 0.3 is 0 Å². The summed E-state index contributed by atoms with van der Waals surface area (Å²) >= 11 is 0. The molecular weight excluding hydrogens is 408 g/mol. The number of unbranched alkanes of at least 4 members (excludes halogenated alkanes) is 1. The van der Waals surface area contributed by atoms with Crippen LogP contribution in [0.15, 0.2) is 72.8 Å². The fraction of sp³-hybridized carbons (Fsp3) is 0.345. The van der Waals surface area contributed by atoms with E-state index in [-0.39, 0.29) is 5.41 Å². The van der Waals surface area contributed by atoms with Crippen molar-refractivity contribution in [1.82, 2.24) is 9.55 Å². The summed E-state index contributed by atoms with van der Waals surface area (Å²) in [6.45, 7) is 10.8. The zero-order valence-corrected chi connectivity index (χ0v) is 20.2. The first-order chi connectivity index (χ1) is 15.9. The van der Waals surface area contributed by atoms with E-state index in [9.17, 15) is 0 Å². The number of aryl methyl sites for hydroxylation is 2. The predicted molar refractivity (Wildman–Crippen MR) is 135 cm³/mol. The van der Waals surface area contributed by atoms with E-state index < -0.39 is 0 Å². The molecular formula is C29H34N2O2. The Labute approximate surface area is 197 Å². The average Bonchev–Trinajstić information content (AvgIpc) is 3.16. The number of rotatable bonds is 9. The minimum absolute atomic E-state index is 0.135. The number of benzene rings is 3. The molecule has 4 nitrogen and oxygen atoms in total. The highest BCUT2D eigenvalue weighted by atomic mass is 16.5. The van der Waals surface area contributed by atoms with Gasteiger partial charge in [-0.3, -0.25) is 0 Å². The molecule has 0 unspecified atom stereocenters. The molecule has 0 saturated heterocycles. The van der Waals surface area contributed by atoms with Crippen LogP contribution < -0.4 is 9.47 Å². The highest BCUT2D eigenvalue weighted by molar-refractivity contribution is 5.75. The monoisotopic (exact) mass is 442 g/mol. The Morgan fingerprint density at radius 3 is 2.18 bits per heavy atom. The highest BCUT2D eigenvalue weighted by Gasteiger charge is 2.14. The topological polar surface area (TPSA) is 36.3 Å². The second-order valence-corrected chi connectivity index (χ2v) is 9.60. The maximum absolute atomic E-state index is 6.12. The predicted octanol–water partition coefficient (Wildman–Crippen LogP) is 7.08. The van der Waals surface area contributed by atoms with Crippen LogP contribution in [0.4, 0.5) is 0 Å². The Kier molecular flexibility index (Phi) is 7.02. The van der Waals surface area contributed by atoms with Crippen molar-refractivity contribution in [2.24, 2.45) is 0 Å². The number of hydrogen-bond donors (Lipinski definition) is 0. The van der Waals surface area contributed by atoms with E-state index in [1.54, 1.807) is 0 Å². The summed E-state index contributed by atoms with van der Waals surface area (Å²) in [7, 11) is 0. The van der Waals surface area contributed by atoms with Gasteiger partial charge in [0.15, 0.2) is 0 Å². The van der Waals surface area contributed by atoms with Crippen LogP contribution in [0.3, 0.4) is 0 Å². The first kappa shape index (κ1) is 22.9. The summed E-state index contributed by atoms with van der Waals surface area (Å²) in [6, 6.07) is 24.9. The molecule has 33 heavy (non-hydrogen) atoms. The molecule has 0 bridgehead atoms. The standard InChI is InChI=1S/C29H34N2O2/c1-22-11-15-24(16-12-22)32-20-8-7-19-31-27-10-6-5-9-26(27)30-28(31)21-33-25-17-13-23(14-18-25)29(2,3)4/h5-6,9-18H,7-8,19-21H2,1-4H3. The molecule has 0 aliphatic carbocycles. The van der Waals surface area contributed by atoms with Gasteiger partial charge in [0.2, 0.25) is 0 Å². The third kappa shape index (κ3) is 5.95. The zero-order valence-electron chi connectivity index (χ0n) is 20.2. The van der Waals surface area contributed by atoms with E-state index in [1.165, 1.54) is 11.1 Å². The van der Waals surface area contributed by atoms with Crippen LogP contribution in [0.25, 0.3) is 11.0 Å². The maximum atomic E-state index is 6.12. The molecule has 1 heterocycles. The molecule has 0 radical (unpaired) electrons. The van der Waals surface area contributed by atoms with E-state index in [0.717, 1.165) is 47.7 Å². The largest absolute Gasteiger partial charge is 0.494 e. The van der Waals surface area contributed by atoms with E-state index in [1.807, 2.05) is 18.2 Å². The van der Waals surface area contributed by atoms with Crippen LogP contribution >= 0.6 is 0 Å². The van der Waals surface area contributed by atoms with Gasteiger partial charge in [0.1, 0.15) is 23.9 Å². The van der Waals surface area contributed by atoms with Crippen molar-refractivity contribution in [1.29, 1.82) is 0 Å². The van der Waals surface area contributed by atoms with E-state index in [4.69, 9.17) is 14.5 Å². The molecule has 3 aromatic carbocycles. The van der Waals surface area contributed by atoms with Crippen LogP contribution in [0.5, 0.6) is 11.5 Å². The molecule has 0 N–H and O–H groups in total. The molecule has 0 fully saturated rings. The summed E-state index contributed by atoms with van der Waals surface area (Å²) in [5.41, 5.74) is 4.84. The average molecular weight is 443 g/mol. The van der Waals surface area contributed by atoms with Crippen molar-refractivity contribution in [3.8, 4) is 11.5 Å². The van der Waals surface area contributed by atoms with Crippen LogP contribution in [0, 0.1) is 6.92 Å². The Balaban J connectivity index is 1.37. The number of aromatic nitrogens is 2. The van der Waals surface area contributed by atoms with Gasteiger partial charge in [0.25, 0.3) is 0 Å². The first-order valence-corrected chi connectivity index (χ1v) is 11.8. The lowest BCUT2D eigenvalue weighted by molar-refractivity contribution is 0.285. The van der Waals surface area contributed by atoms with Gasteiger partial charge in [-0.15, -0.1) is 0 Å². The Morgan fingerprint density at radius 2 is 1.45 bits per heavy atom. The van der Waals surface area contributed by atoms with Gasteiger partial charge in [-0.1, -0.05) is 62.7 Å². The molecule has 4 aromatic rings. The van der Waals surface area contributed by atoms with Crippen molar-refractivity contribution < 1.29 is 9.47 Å². The van der Waals surface area contributed by atoms with Gasteiger partial charge in [-0.25, -0.2) is 4.98 Å². The molecule has 0 amide bonds. The van der Waals surface area contributed by atoms with Crippen LogP contribution in [-0.4, -0.2) is 16.2 Å². The lowest BCUT2D eigenvalue weighted by Gasteiger charge is -2.19. The fourth-order valence-electron chi connectivity index (χ4n) is 3.88. The lowest BCUT2D eigenvalue weighted by Crippen LogP contribution is -2.11. The SMILES string of the molecule is Cc1ccc(OCCCCn2c(COc3ccc(C(C)(C)C)cc3)nc3ccccc32)cc1. The summed E-state index contributed by atoms with van der Waals surface area (Å²) in [5, 5.41) is 0. The van der Waals surface area contributed by atoms with Gasteiger partial charge in [0.05, 0.1) is 17.6 Å². The Bertz CT molecular complexity index is 1170. The minimum atomic E-state index is 0.135. The lowest BCUT2D eigenvalue weighted by atomic mass is 9.87. The Hall–Kier alpha value is -3.27. The number of fused-ring (bicyclic) bond motifs is 1. The Morgan fingerprint density at radius 1 is 0.788 bits per heavy atom. The number of para-hydroxylation sites is 2. The smallest absolute Gasteiger partial charge is 0.147 e. The number of nitrogens with zero attached hydrogens (tertiary/aromatic N) is 2. The third-order valence-corrected chi connectivity index (χ3v) is 5.89. The maximum Gasteiger partial charge on any atom is 0.147 e. The van der Waals surface area contributed by atoms with E-state index >= 15 is 0 Å². The van der Waals surface area contributed by atoms with Crippen molar-refractivity contribution >= 4 is 11.0 Å². The minimum Gasteiger partial charge on any atom is -0.494 e. The molecule has 0 spiro atoms. The molecule has 4 rings (SSSR count). The second kappa shape index (κ2) is 10.1. The van der Waals surface area contributed by atoms with E-state index in [2.05, 4.69) is 86.9 Å². The molecule has 0 saturated carbocycles. The first-order valence-electron chi connectivity index (χ1n) is 11.8. The molecule has 0 aliphatic rings. The van der Waals surface area contributed by atoms with Crippen molar-refractivity contribution in [3.63, 3.8) is 0 Å². The molecule has 1 aromatic heterocycles. The van der Waals surface area contributed by atoms with Gasteiger partial charge in [-0.05, 0) is 67.1 Å². The number of imidazole rings is 1. The second-order valence-electron chi connectivity index (χ2n) is 9.60. The molecule has 172 valence electrons. The normalized spacial score (nSPS) is 11.6. The van der Waals surface area contributed by atoms with Crippen molar-refractivity contribution in [3.05, 3.63) is 89.7 Å². The zero-order chi connectivity index (χ0) is 23.3. The molecule has 0 atom stereocenters. The fourth-order valence-corrected chi connectivity index (χ4v) is 3.88. The van der Waals surface area contributed by atoms with Crippen molar-refractivity contribution in [2.45, 2.75) is 59.1 Å². The molecule has 0 aliphatic heterocycles. The third-order valence-electron chi connectivity index (χ3n) is 5.89. The van der Waals surface area contributed by atoms with Crippen LogP contribution in [-0.2, 0) is 18.6 Å². The summed E-state index contributed by atoms with van der Waals surface area (Å²) in [4.78, 5) is 4.85. The summed E-state index contributed by atoms with van der Waals surface area (Å²) in [5.74, 6) is 2.75. The quantitative estimate of drug-likeness (QED) is 0.260. The van der Waals surface area contributed by atoms with Crippen LogP contribution in [0.1, 0.15) is 50.6 Å². The van der Waals surface area contributed by atoms with Gasteiger partial charge in [0, 0.05) is 6.54 Å². The summed E-state index contributed by atoms with van der Waals surface area (Å²) < 4.78 is 14.3. The highest BCUT2D eigenvalue weighted by Crippen LogP contribution is 2.25. The molecule has 4 heteroatoms. The van der Waals surface area contributed by atoms with Gasteiger partial charge in [-0.2, -0.15) is 0 Å².